The molecule has 102 valence electrons. The van der Waals surface area contributed by atoms with Crippen LogP contribution in [0.25, 0.3) is 10.9 Å². The largest absolute Gasteiger partial charge is 0.495 e. The molecule has 0 aliphatic carbocycles. The van der Waals surface area contributed by atoms with Crippen molar-refractivity contribution in [3.63, 3.8) is 0 Å². The molecular weight excluding hydrogens is 264 g/mol. The van der Waals surface area contributed by atoms with Crippen LogP contribution in [0.15, 0.2) is 6.07 Å². The fraction of sp³-hybridized carbons (Fsp3) is 0.357. The van der Waals surface area contributed by atoms with E-state index in [0.29, 0.717) is 16.5 Å². The first-order valence-electron chi connectivity index (χ1n) is 5.94. The van der Waals surface area contributed by atoms with Crippen molar-refractivity contribution >= 4 is 28.2 Å². The van der Waals surface area contributed by atoms with Gasteiger partial charge >= 0.3 is 0 Å². The Morgan fingerprint density at radius 3 is 2.32 bits per heavy atom. The topological polar surface area (TPSA) is 43.4 Å². The number of hydrogen-bond donors (Lipinski definition) is 1. The van der Waals surface area contributed by atoms with Crippen molar-refractivity contribution in [2.45, 2.75) is 13.8 Å². The zero-order valence-electron chi connectivity index (χ0n) is 11.7. The Hall–Kier alpha value is -1.68. The normalized spacial score (nSPS) is 10.6. The Labute approximate surface area is 117 Å². The number of benzene rings is 1. The second-order valence-electron chi connectivity index (χ2n) is 4.27. The molecule has 0 aliphatic heterocycles. The maximum Gasteiger partial charge on any atom is 0.148 e. The lowest BCUT2D eigenvalue weighted by Crippen LogP contribution is -2.01. The quantitative estimate of drug-likeness (QED) is 0.933. The van der Waals surface area contributed by atoms with E-state index in [2.05, 4.69) is 10.3 Å². The van der Waals surface area contributed by atoms with Gasteiger partial charge in [0.15, 0.2) is 0 Å². The van der Waals surface area contributed by atoms with E-state index in [0.717, 1.165) is 27.8 Å². The van der Waals surface area contributed by atoms with E-state index < -0.39 is 0 Å². The van der Waals surface area contributed by atoms with Gasteiger partial charge in [-0.25, -0.2) is 4.98 Å². The van der Waals surface area contributed by atoms with Crippen molar-refractivity contribution in [3.8, 4) is 11.5 Å². The van der Waals surface area contributed by atoms with E-state index in [1.54, 1.807) is 20.3 Å². The third-order valence-electron chi connectivity index (χ3n) is 3.31. The number of methoxy groups -OCH3 is 2. The van der Waals surface area contributed by atoms with Gasteiger partial charge in [0.25, 0.3) is 0 Å². The summed E-state index contributed by atoms with van der Waals surface area (Å²) < 4.78 is 10.7. The number of ether oxygens (including phenoxy) is 2. The molecule has 2 aromatic rings. The smallest absolute Gasteiger partial charge is 0.148 e. The van der Waals surface area contributed by atoms with Crippen LogP contribution in [0.2, 0.25) is 5.02 Å². The highest BCUT2D eigenvalue weighted by Crippen LogP contribution is 2.43. The molecule has 0 bridgehead atoms. The van der Waals surface area contributed by atoms with Gasteiger partial charge in [0.1, 0.15) is 17.0 Å². The Morgan fingerprint density at radius 1 is 1.16 bits per heavy atom. The first-order chi connectivity index (χ1) is 9.04. The molecule has 1 heterocycles. The van der Waals surface area contributed by atoms with Crippen molar-refractivity contribution in [1.29, 1.82) is 0 Å². The lowest BCUT2D eigenvalue weighted by molar-refractivity contribution is 0.397. The molecule has 5 heteroatoms. The maximum atomic E-state index is 6.42. The average Bonchev–Trinajstić information content (AvgIpc) is 2.41. The molecule has 0 amide bonds. The zero-order chi connectivity index (χ0) is 14.2. The van der Waals surface area contributed by atoms with E-state index in [9.17, 15) is 0 Å². The maximum absolute atomic E-state index is 6.42. The lowest BCUT2D eigenvalue weighted by Gasteiger charge is -2.17. The highest BCUT2D eigenvalue weighted by Gasteiger charge is 2.18. The summed E-state index contributed by atoms with van der Waals surface area (Å²) in [6, 6.07) is 1.76. The average molecular weight is 281 g/mol. The standard InChI is InChI=1S/C14H17ClN2O2/c1-7-8(2)17-14-10(19-5)6-9(18-4)12(15)11(14)13(7)16-3/h6H,1-5H3,(H,16,17). The molecule has 0 unspecified atom stereocenters. The molecule has 0 atom stereocenters. The molecule has 0 radical (unpaired) electrons. The van der Waals surface area contributed by atoms with E-state index in [4.69, 9.17) is 21.1 Å². The molecule has 1 aromatic heterocycles. The van der Waals surface area contributed by atoms with Crippen LogP contribution in [0, 0.1) is 13.8 Å². The van der Waals surface area contributed by atoms with Gasteiger partial charge in [0, 0.05) is 29.9 Å². The number of aryl methyl sites for hydroxylation is 1. The van der Waals surface area contributed by atoms with Crippen LogP contribution < -0.4 is 14.8 Å². The zero-order valence-corrected chi connectivity index (χ0v) is 12.5. The highest BCUT2D eigenvalue weighted by atomic mass is 35.5. The Morgan fingerprint density at radius 2 is 1.79 bits per heavy atom. The lowest BCUT2D eigenvalue weighted by atomic mass is 10.1. The molecule has 19 heavy (non-hydrogen) atoms. The summed E-state index contributed by atoms with van der Waals surface area (Å²) in [7, 11) is 5.06. The second-order valence-corrected chi connectivity index (χ2v) is 4.64. The Balaban J connectivity index is 3.01. The van der Waals surface area contributed by atoms with Crippen LogP contribution in [0.5, 0.6) is 11.5 Å². The molecule has 1 aromatic carbocycles. The van der Waals surface area contributed by atoms with Crippen LogP contribution in [-0.4, -0.2) is 26.3 Å². The second kappa shape index (κ2) is 5.13. The molecule has 1 N–H and O–H groups in total. The Bertz CT molecular complexity index is 641. The number of nitrogens with zero attached hydrogens (tertiary/aromatic N) is 1. The van der Waals surface area contributed by atoms with Gasteiger partial charge in [0.2, 0.25) is 0 Å². The van der Waals surface area contributed by atoms with Crippen molar-refractivity contribution in [2.75, 3.05) is 26.6 Å². The van der Waals surface area contributed by atoms with Crippen LogP contribution in [0.4, 0.5) is 5.69 Å². The van der Waals surface area contributed by atoms with Crippen LogP contribution >= 0.6 is 11.6 Å². The summed E-state index contributed by atoms with van der Waals surface area (Å²) in [6.45, 7) is 3.98. The summed E-state index contributed by atoms with van der Waals surface area (Å²) in [5.74, 6) is 1.23. The molecular formula is C14H17ClN2O2. The van der Waals surface area contributed by atoms with Gasteiger partial charge in [0.05, 0.1) is 19.2 Å². The molecule has 0 aliphatic rings. The number of anilines is 1. The summed E-state index contributed by atoms with van der Waals surface area (Å²) >= 11 is 6.42. The minimum atomic E-state index is 0.540. The Kier molecular flexibility index (Phi) is 3.71. The number of rotatable bonds is 3. The molecule has 0 fully saturated rings. The highest BCUT2D eigenvalue weighted by molar-refractivity contribution is 6.38. The fourth-order valence-corrected chi connectivity index (χ4v) is 2.49. The van der Waals surface area contributed by atoms with Crippen molar-refractivity contribution in [2.24, 2.45) is 0 Å². The summed E-state index contributed by atoms with van der Waals surface area (Å²) in [6.07, 6.45) is 0. The SMILES string of the molecule is CNc1c(C)c(C)nc2c(OC)cc(OC)c(Cl)c12. The number of pyridine rings is 1. The van der Waals surface area contributed by atoms with E-state index in [1.807, 2.05) is 20.9 Å². The summed E-state index contributed by atoms with van der Waals surface area (Å²) in [4.78, 5) is 4.59. The van der Waals surface area contributed by atoms with Gasteiger partial charge in [-0.2, -0.15) is 0 Å². The first-order valence-corrected chi connectivity index (χ1v) is 6.32. The van der Waals surface area contributed by atoms with Crippen LogP contribution in [-0.2, 0) is 0 Å². The first kappa shape index (κ1) is 13.7. The van der Waals surface area contributed by atoms with Gasteiger partial charge in [-0.15, -0.1) is 0 Å². The predicted molar refractivity (Wildman–Crippen MR) is 78.9 cm³/mol. The van der Waals surface area contributed by atoms with Gasteiger partial charge in [-0.05, 0) is 19.4 Å². The predicted octanol–water partition coefficient (Wildman–Crippen LogP) is 3.56. The number of halogens is 1. The molecule has 0 saturated carbocycles. The van der Waals surface area contributed by atoms with Gasteiger partial charge in [-0.1, -0.05) is 11.6 Å². The van der Waals surface area contributed by atoms with Crippen molar-refractivity contribution in [1.82, 2.24) is 4.98 Å². The summed E-state index contributed by atoms with van der Waals surface area (Å²) in [5.41, 5.74) is 3.69. The molecule has 0 spiro atoms. The van der Waals surface area contributed by atoms with E-state index >= 15 is 0 Å². The number of hydrogen-bond acceptors (Lipinski definition) is 4. The summed E-state index contributed by atoms with van der Waals surface area (Å²) in [5, 5.41) is 4.55. The van der Waals surface area contributed by atoms with Crippen LogP contribution in [0.1, 0.15) is 11.3 Å². The monoisotopic (exact) mass is 280 g/mol. The van der Waals surface area contributed by atoms with Crippen molar-refractivity contribution in [3.05, 3.63) is 22.3 Å². The minimum Gasteiger partial charge on any atom is -0.495 e. The van der Waals surface area contributed by atoms with Gasteiger partial charge in [-0.3, -0.25) is 0 Å². The van der Waals surface area contributed by atoms with E-state index in [1.165, 1.54) is 0 Å². The number of fused-ring (bicyclic) bond motifs is 1. The third-order valence-corrected chi connectivity index (χ3v) is 3.68. The number of nitrogens with one attached hydrogen (secondary N) is 1. The fourth-order valence-electron chi connectivity index (χ4n) is 2.18. The number of aromatic nitrogens is 1. The minimum absolute atomic E-state index is 0.540. The molecule has 4 nitrogen and oxygen atoms in total. The van der Waals surface area contributed by atoms with Gasteiger partial charge < -0.3 is 14.8 Å². The molecule has 0 saturated heterocycles. The van der Waals surface area contributed by atoms with Crippen LogP contribution in [0.3, 0.4) is 0 Å². The van der Waals surface area contributed by atoms with Crippen molar-refractivity contribution < 1.29 is 9.47 Å². The molecule has 2 rings (SSSR count). The third kappa shape index (κ3) is 2.06. The van der Waals surface area contributed by atoms with E-state index in [-0.39, 0.29) is 0 Å².